The molecule has 0 amide bonds. The molecule has 0 bridgehead atoms. The third kappa shape index (κ3) is 5.41. The van der Waals surface area contributed by atoms with E-state index in [1.807, 2.05) is 30.3 Å². The van der Waals surface area contributed by atoms with E-state index in [0.717, 1.165) is 17.4 Å². The first-order chi connectivity index (χ1) is 11.2. The van der Waals surface area contributed by atoms with Crippen molar-refractivity contribution in [2.75, 3.05) is 7.11 Å². The number of benzene rings is 2. The number of ether oxygens (including phenoxy) is 1. The minimum atomic E-state index is 0. The van der Waals surface area contributed by atoms with E-state index in [9.17, 15) is 10.2 Å². The topological polar surface area (TPSA) is 62.6 Å². The van der Waals surface area contributed by atoms with Crippen molar-refractivity contribution in [3.05, 3.63) is 72.9 Å². The van der Waals surface area contributed by atoms with Gasteiger partial charge in [0.15, 0.2) is 11.5 Å². The number of phenolic OH excluding ortho intramolecular Hbond substituents is 2. The maximum atomic E-state index is 9.31. The first-order valence-corrected chi connectivity index (χ1v) is 7.15. The number of pyridine rings is 1. The Morgan fingerprint density at radius 3 is 2.50 bits per heavy atom. The molecule has 0 spiro atoms. The molecule has 122 valence electrons. The Balaban J connectivity index is 0.000000231. The van der Waals surface area contributed by atoms with Crippen molar-refractivity contribution in [3.8, 4) is 17.2 Å². The van der Waals surface area contributed by atoms with Crippen LogP contribution in [0.2, 0.25) is 0 Å². The molecule has 2 N–H and O–H groups in total. The Hall–Kier alpha value is -1.75. The summed E-state index contributed by atoms with van der Waals surface area (Å²) in [4.78, 5) is 4.03. The van der Waals surface area contributed by atoms with Crippen LogP contribution in [0, 0.1) is 0 Å². The van der Waals surface area contributed by atoms with E-state index in [1.54, 1.807) is 30.5 Å². The van der Waals surface area contributed by atoms with Crippen LogP contribution in [0.15, 0.2) is 67.4 Å². The standard InChI is InChI=1S/C10H12O2.C9H7NO.Ca.2H/c1-3-4-8-5-6-9(11)10(7-8)12-2;11-8-5-1-3-7-4-2-6-10-9(7)8;;;/h3,5-7,11H,1,4H2,2H3;1-6,11H;;;. The second kappa shape index (κ2) is 10.2. The molecule has 1 aromatic heterocycles. The van der Waals surface area contributed by atoms with E-state index < -0.39 is 0 Å². The van der Waals surface area contributed by atoms with Gasteiger partial charge in [-0.15, -0.1) is 6.58 Å². The fourth-order valence-corrected chi connectivity index (χ4v) is 2.10. The first kappa shape index (κ1) is 20.3. The monoisotopic (exact) mass is 351 g/mol. The number of aromatic nitrogens is 1. The molecule has 4 nitrogen and oxygen atoms in total. The van der Waals surface area contributed by atoms with Gasteiger partial charge in [-0.25, -0.2) is 0 Å². The Labute approximate surface area is 171 Å². The van der Waals surface area contributed by atoms with Gasteiger partial charge in [0.05, 0.1) is 7.11 Å². The molecule has 3 aromatic rings. The van der Waals surface area contributed by atoms with Gasteiger partial charge >= 0.3 is 37.7 Å². The van der Waals surface area contributed by atoms with Gasteiger partial charge in [0, 0.05) is 11.6 Å². The van der Waals surface area contributed by atoms with Gasteiger partial charge in [-0.1, -0.05) is 30.3 Å². The molecule has 0 atom stereocenters. The molecule has 0 unspecified atom stereocenters. The zero-order valence-electron chi connectivity index (χ0n) is 12.9. The van der Waals surface area contributed by atoms with Crippen LogP contribution in [0.3, 0.4) is 0 Å². The fraction of sp³-hybridized carbons (Fsp3) is 0.105. The molecule has 0 aliphatic heterocycles. The third-order valence-corrected chi connectivity index (χ3v) is 3.24. The number of para-hydroxylation sites is 1. The number of aromatic hydroxyl groups is 2. The first-order valence-electron chi connectivity index (χ1n) is 7.15. The van der Waals surface area contributed by atoms with Crippen LogP contribution < -0.4 is 4.74 Å². The van der Waals surface area contributed by atoms with Gasteiger partial charge in [0.1, 0.15) is 11.3 Å². The van der Waals surface area contributed by atoms with Crippen LogP contribution in [0.1, 0.15) is 5.56 Å². The van der Waals surface area contributed by atoms with E-state index in [0.29, 0.717) is 11.3 Å². The van der Waals surface area contributed by atoms with Crippen LogP contribution in [0.4, 0.5) is 0 Å². The molecule has 0 aliphatic carbocycles. The number of fused-ring (bicyclic) bond motifs is 1. The van der Waals surface area contributed by atoms with Crippen LogP contribution in [0.5, 0.6) is 17.2 Å². The molecule has 5 heteroatoms. The summed E-state index contributed by atoms with van der Waals surface area (Å²) >= 11 is 0. The van der Waals surface area contributed by atoms with Gasteiger partial charge in [0.25, 0.3) is 0 Å². The Bertz CT molecular complexity index is 800. The number of allylic oxidation sites excluding steroid dienone is 1. The molecule has 1 heterocycles. The Kier molecular flexibility index (Phi) is 8.61. The van der Waals surface area contributed by atoms with Crippen molar-refractivity contribution in [2.24, 2.45) is 0 Å². The minimum absolute atomic E-state index is 0. The Morgan fingerprint density at radius 2 is 1.83 bits per heavy atom. The van der Waals surface area contributed by atoms with Gasteiger partial charge < -0.3 is 14.9 Å². The number of methoxy groups -OCH3 is 1. The molecular formula is C19H21CaNO3. The summed E-state index contributed by atoms with van der Waals surface area (Å²) in [5.74, 6) is 0.919. The second-order valence-corrected chi connectivity index (χ2v) is 4.85. The zero-order valence-corrected chi connectivity index (χ0v) is 12.9. The average molecular weight is 351 g/mol. The van der Waals surface area contributed by atoms with E-state index in [4.69, 9.17) is 4.74 Å². The van der Waals surface area contributed by atoms with Crippen LogP contribution in [-0.2, 0) is 6.42 Å². The number of rotatable bonds is 3. The van der Waals surface area contributed by atoms with Gasteiger partial charge in [-0.3, -0.25) is 4.98 Å². The molecule has 0 saturated heterocycles. The van der Waals surface area contributed by atoms with E-state index in [1.165, 1.54) is 7.11 Å². The number of hydrogen-bond donors (Lipinski definition) is 2. The summed E-state index contributed by atoms with van der Waals surface area (Å²) in [6.07, 6.45) is 4.27. The predicted molar refractivity (Wildman–Crippen MR) is 101 cm³/mol. The molecular weight excluding hydrogens is 330 g/mol. The second-order valence-electron chi connectivity index (χ2n) is 4.85. The van der Waals surface area contributed by atoms with Crippen molar-refractivity contribution in [2.45, 2.75) is 6.42 Å². The van der Waals surface area contributed by atoms with Crippen LogP contribution >= 0.6 is 0 Å². The molecule has 24 heavy (non-hydrogen) atoms. The van der Waals surface area contributed by atoms with E-state index >= 15 is 0 Å². The van der Waals surface area contributed by atoms with Crippen LogP contribution in [0.25, 0.3) is 10.9 Å². The number of nitrogens with zero attached hydrogens (tertiary/aromatic N) is 1. The third-order valence-electron chi connectivity index (χ3n) is 3.24. The molecule has 3 rings (SSSR count). The summed E-state index contributed by atoms with van der Waals surface area (Å²) in [6.45, 7) is 3.63. The summed E-state index contributed by atoms with van der Waals surface area (Å²) in [7, 11) is 1.53. The number of phenols is 2. The molecule has 0 radical (unpaired) electrons. The van der Waals surface area contributed by atoms with Crippen molar-refractivity contribution in [1.82, 2.24) is 4.98 Å². The average Bonchev–Trinajstić information content (AvgIpc) is 2.58. The van der Waals surface area contributed by atoms with Gasteiger partial charge in [0.2, 0.25) is 0 Å². The van der Waals surface area contributed by atoms with Gasteiger partial charge in [-0.05, 0) is 36.2 Å². The van der Waals surface area contributed by atoms with Crippen molar-refractivity contribution < 1.29 is 14.9 Å². The quantitative estimate of drug-likeness (QED) is 0.562. The summed E-state index contributed by atoms with van der Waals surface area (Å²) in [5, 5.41) is 19.5. The summed E-state index contributed by atoms with van der Waals surface area (Å²) in [6, 6.07) is 14.4. The van der Waals surface area contributed by atoms with E-state index in [2.05, 4.69) is 11.6 Å². The predicted octanol–water partition coefficient (Wildman–Crippen LogP) is 3.15. The van der Waals surface area contributed by atoms with E-state index in [-0.39, 0.29) is 49.2 Å². The Morgan fingerprint density at radius 1 is 1.08 bits per heavy atom. The molecule has 0 fully saturated rings. The molecule has 0 saturated carbocycles. The van der Waals surface area contributed by atoms with Crippen molar-refractivity contribution in [3.63, 3.8) is 0 Å². The van der Waals surface area contributed by atoms with Gasteiger partial charge in [-0.2, -0.15) is 0 Å². The normalized spacial score (nSPS) is 9.38. The van der Waals surface area contributed by atoms with Crippen molar-refractivity contribution in [1.29, 1.82) is 0 Å². The van der Waals surface area contributed by atoms with Crippen LogP contribution in [-0.4, -0.2) is 60.0 Å². The maximum absolute atomic E-state index is 9.31. The SMILES string of the molecule is C=CCc1ccc(O)c(OC)c1.Oc1cccc2cccnc12.[CaH2]. The zero-order chi connectivity index (χ0) is 16.7. The fourth-order valence-electron chi connectivity index (χ4n) is 2.10. The summed E-state index contributed by atoms with van der Waals surface area (Å²) in [5.41, 5.74) is 1.75. The van der Waals surface area contributed by atoms with Crippen molar-refractivity contribution >= 4 is 48.6 Å². The molecule has 2 aromatic carbocycles. The summed E-state index contributed by atoms with van der Waals surface area (Å²) < 4.78 is 4.95. The number of hydrogen-bond acceptors (Lipinski definition) is 4. The molecule has 0 aliphatic rings.